The van der Waals surface area contributed by atoms with Gasteiger partial charge in [-0.1, -0.05) is 6.07 Å². The van der Waals surface area contributed by atoms with E-state index in [9.17, 15) is 0 Å². The maximum atomic E-state index is 5.93. The van der Waals surface area contributed by atoms with E-state index in [1.165, 1.54) is 19.3 Å². The fourth-order valence-corrected chi connectivity index (χ4v) is 3.46. The quantitative estimate of drug-likeness (QED) is 0.849. The highest BCUT2D eigenvalue weighted by Gasteiger charge is 2.36. The summed E-state index contributed by atoms with van der Waals surface area (Å²) in [6, 6.07) is 6.20. The molecule has 5 heteroatoms. The molecule has 2 N–H and O–H groups in total. The van der Waals surface area contributed by atoms with Gasteiger partial charge in [0.15, 0.2) is 5.58 Å². The van der Waals surface area contributed by atoms with Crippen LogP contribution in [0.3, 0.4) is 0 Å². The average molecular weight is 273 g/mol. The summed E-state index contributed by atoms with van der Waals surface area (Å²) in [4.78, 5) is 6.99. The number of ether oxygens (including phenoxy) is 1. The van der Waals surface area contributed by atoms with Crippen LogP contribution in [0.25, 0.3) is 11.1 Å². The molecule has 1 aliphatic heterocycles. The van der Waals surface area contributed by atoms with Crippen LogP contribution in [0.5, 0.6) is 0 Å². The number of anilines is 1. The number of benzene rings is 1. The minimum absolute atomic E-state index is 0.401. The monoisotopic (exact) mass is 273 g/mol. The molecule has 2 atom stereocenters. The van der Waals surface area contributed by atoms with Crippen molar-refractivity contribution in [2.24, 2.45) is 0 Å². The van der Waals surface area contributed by atoms with E-state index in [2.05, 4.69) is 9.88 Å². The number of rotatable bonds is 2. The highest BCUT2D eigenvalue weighted by molar-refractivity contribution is 5.85. The molecule has 1 aromatic heterocycles. The fraction of sp³-hybridized carbons (Fsp3) is 0.533. The van der Waals surface area contributed by atoms with Crippen molar-refractivity contribution in [1.29, 1.82) is 0 Å². The number of hydrogen-bond donors (Lipinski definition) is 1. The molecule has 2 heterocycles. The van der Waals surface area contributed by atoms with Crippen molar-refractivity contribution in [1.82, 2.24) is 9.88 Å². The summed E-state index contributed by atoms with van der Waals surface area (Å²) in [7, 11) is 0. The molecule has 0 amide bonds. The molecule has 0 spiro atoms. The lowest BCUT2D eigenvalue weighted by Crippen LogP contribution is -2.47. The number of nitrogens with zero attached hydrogens (tertiary/aromatic N) is 2. The smallest absolute Gasteiger partial charge is 0.209 e. The predicted octanol–water partition coefficient (Wildman–Crippen LogP) is 2.16. The summed E-state index contributed by atoms with van der Waals surface area (Å²) in [6.45, 7) is 2.51. The Bertz CT molecular complexity index is 625. The molecular formula is C15H19N3O2. The Hall–Kier alpha value is -1.59. The second-order valence-electron chi connectivity index (χ2n) is 5.68. The first-order valence-electron chi connectivity index (χ1n) is 7.31. The van der Waals surface area contributed by atoms with Gasteiger partial charge in [-0.25, -0.2) is 4.98 Å². The minimum atomic E-state index is 0.401. The zero-order chi connectivity index (χ0) is 13.5. The Kier molecular flexibility index (Phi) is 2.89. The zero-order valence-electron chi connectivity index (χ0n) is 11.4. The van der Waals surface area contributed by atoms with Crippen LogP contribution in [0.15, 0.2) is 22.6 Å². The van der Waals surface area contributed by atoms with Crippen molar-refractivity contribution in [3.05, 3.63) is 24.1 Å². The number of aromatic nitrogens is 1. The van der Waals surface area contributed by atoms with Gasteiger partial charge in [-0.2, -0.15) is 0 Å². The van der Waals surface area contributed by atoms with Crippen molar-refractivity contribution in [2.45, 2.75) is 38.0 Å². The van der Waals surface area contributed by atoms with Gasteiger partial charge in [-0.3, -0.25) is 4.90 Å². The first-order chi connectivity index (χ1) is 9.81. The highest BCUT2D eigenvalue weighted by Crippen LogP contribution is 2.31. The van der Waals surface area contributed by atoms with Crippen molar-refractivity contribution in [2.75, 3.05) is 18.9 Å². The molecule has 1 aliphatic carbocycles. The van der Waals surface area contributed by atoms with Crippen LogP contribution in [-0.4, -0.2) is 35.2 Å². The first-order valence-corrected chi connectivity index (χ1v) is 7.31. The summed E-state index contributed by atoms with van der Waals surface area (Å²) in [5.74, 6) is 0.755. The lowest BCUT2D eigenvalue weighted by Gasteiger charge is -2.36. The van der Waals surface area contributed by atoms with E-state index < -0.39 is 0 Å². The molecule has 0 bridgehead atoms. The third kappa shape index (κ3) is 1.98. The van der Waals surface area contributed by atoms with E-state index in [0.717, 1.165) is 36.7 Å². The van der Waals surface area contributed by atoms with Gasteiger partial charge in [0.05, 0.1) is 24.9 Å². The normalized spacial score (nSPS) is 27.0. The zero-order valence-corrected chi connectivity index (χ0v) is 11.4. The van der Waals surface area contributed by atoms with Crippen LogP contribution in [0.2, 0.25) is 0 Å². The third-order valence-electron chi connectivity index (χ3n) is 4.43. The molecule has 106 valence electrons. The lowest BCUT2D eigenvalue weighted by molar-refractivity contribution is -0.0610. The van der Waals surface area contributed by atoms with E-state index in [1.54, 1.807) is 0 Å². The molecule has 2 unspecified atom stereocenters. The van der Waals surface area contributed by atoms with Crippen molar-refractivity contribution in [3.63, 3.8) is 0 Å². The van der Waals surface area contributed by atoms with Crippen molar-refractivity contribution < 1.29 is 9.15 Å². The second kappa shape index (κ2) is 4.75. The maximum absolute atomic E-state index is 5.93. The van der Waals surface area contributed by atoms with Gasteiger partial charge in [-0.15, -0.1) is 0 Å². The molecule has 1 saturated carbocycles. The van der Waals surface area contributed by atoms with Gasteiger partial charge < -0.3 is 14.9 Å². The predicted molar refractivity (Wildman–Crippen MR) is 76.2 cm³/mol. The molecule has 0 radical (unpaired) electrons. The molecule has 2 fully saturated rings. The number of para-hydroxylation sites is 1. The Balaban J connectivity index is 1.59. The van der Waals surface area contributed by atoms with Gasteiger partial charge in [0.2, 0.25) is 5.89 Å². The number of hydrogen-bond acceptors (Lipinski definition) is 5. The van der Waals surface area contributed by atoms with Crippen LogP contribution in [0.1, 0.15) is 25.2 Å². The van der Waals surface area contributed by atoms with Gasteiger partial charge >= 0.3 is 0 Å². The molecule has 20 heavy (non-hydrogen) atoms. The minimum Gasteiger partial charge on any atom is -0.439 e. The number of oxazole rings is 1. The van der Waals surface area contributed by atoms with E-state index in [0.29, 0.717) is 17.8 Å². The Morgan fingerprint density at radius 3 is 3.20 bits per heavy atom. The fourth-order valence-electron chi connectivity index (χ4n) is 3.46. The summed E-state index contributed by atoms with van der Waals surface area (Å²) in [5.41, 5.74) is 8.16. The first kappa shape index (κ1) is 12.2. The molecule has 1 saturated heterocycles. The molecule has 4 rings (SSSR count). The van der Waals surface area contributed by atoms with E-state index in [-0.39, 0.29) is 0 Å². The number of nitrogens with two attached hydrogens (primary N) is 1. The van der Waals surface area contributed by atoms with Crippen molar-refractivity contribution >= 4 is 16.8 Å². The highest BCUT2D eigenvalue weighted by atomic mass is 16.5. The SMILES string of the molecule is Nc1cccc2oc(CN3CCOC4CCCC43)nc12. The molecule has 2 aromatic rings. The Labute approximate surface area is 117 Å². The molecule has 1 aromatic carbocycles. The van der Waals surface area contributed by atoms with Crippen LogP contribution < -0.4 is 5.73 Å². The summed E-state index contributed by atoms with van der Waals surface area (Å²) < 4.78 is 11.7. The summed E-state index contributed by atoms with van der Waals surface area (Å²) in [6.07, 6.45) is 4.05. The van der Waals surface area contributed by atoms with Gasteiger partial charge in [0, 0.05) is 12.6 Å². The van der Waals surface area contributed by atoms with Crippen LogP contribution >= 0.6 is 0 Å². The molecule has 5 nitrogen and oxygen atoms in total. The largest absolute Gasteiger partial charge is 0.439 e. The topological polar surface area (TPSA) is 64.5 Å². The number of morpholine rings is 1. The Morgan fingerprint density at radius 1 is 1.35 bits per heavy atom. The standard InChI is InChI=1S/C15H19N3O2/c16-10-3-1-6-13-15(10)17-14(20-13)9-18-7-8-19-12-5-2-4-11(12)18/h1,3,6,11-12H,2,4-5,7-9,16H2. The van der Waals surface area contributed by atoms with Crippen LogP contribution in [0.4, 0.5) is 5.69 Å². The van der Waals surface area contributed by atoms with Crippen molar-refractivity contribution in [3.8, 4) is 0 Å². The molecule has 2 aliphatic rings. The van der Waals surface area contributed by atoms with Crippen LogP contribution in [0, 0.1) is 0 Å². The van der Waals surface area contributed by atoms with E-state index in [1.807, 2.05) is 18.2 Å². The maximum Gasteiger partial charge on any atom is 0.209 e. The Morgan fingerprint density at radius 2 is 2.30 bits per heavy atom. The summed E-state index contributed by atoms with van der Waals surface area (Å²) >= 11 is 0. The third-order valence-corrected chi connectivity index (χ3v) is 4.43. The van der Waals surface area contributed by atoms with Gasteiger partial charge in [-0.05, 0) is 31.4 Å². The van der Waals surface area contributed by atoms with E-state index in [4.69, 9.17) is 14.9 Å². The van der Waals surface area contributed by atoms with Gasteiger partial charge in [0.1, 0.15) is 5.52 Å². The summed E-state index contributed by atoms with van der Waals surface area (Å²) in [5, 5.41) is 0. The number of fused-ring (bicyclic) bond motifs is 2. The lowest BCUT2D eigenvalue weighted by atomic mass is 10.1. The second-order valence-corrected chi connectivity index (χ2v) is 5.68. The van der Waals surface area contributed by atoms with Crippen LogP contribution in [-0.2, 0) is 11.3 Å². The van der Waals surface area contributed by atoms with Gasteiger partial charge in [0.25, 0.3) is 0 Å². The molecular weight excluding hydrogens is 254 g/mol. The number of nitrogen functional groups attached to an aromatic ring is 1. The average Bonchev–Trinajstić information content (AvgIpc) is 3.06. The van der Waals surface area contributed by atoms with E-state index >= 15 is 0 Å².